The molecule has 0 aromatic rings. The fourth-order valence-electron chi connectivity index (χ4n) is 0.560. The minimum absolute atomic E-state index is 0.000663. The molecule has 0 saturated heterocycles. The molecule has 10 heavy (non-hydrogen) atoms. The Labute approximate surface area is 72.3 Å². The summed E-state index contributed by atoms with van der Waals surface area (Å²) in [6.45, 7) is 0. The molecule has 0 heterocycles. The Morgan fingerprint density at radius 1 is 1.10 bits per heavy atom. The van der Waals surface area contributed by atoms with Gasteiger partial charge in [-0.1, -0.05) is 22.6 Å². The highest BCUT2D eigenvalue weighted by molar-refractivity contribution is 14.1. The third-order valence-electron chi connectivity index (χ3n) is 1.14. The largest absolute Gasteiger partial charge is 0.269 e. The normalized spacial score (nSPS) is 14.1. The Balaban J connectivity index is 3.13. The lowest BCUT2D eigenvalue weighted by Crippen LogP contribution is -2.11. The Morgan fingerprint density at radius 3 is 2.10 bits per heavy atom. The van der Waals surface area contributed by atoms with Gasteiger partial charge in [-0.3, -0.25) is 0 Å². The van der Waals surface area contributed by atoms with E-state index >= 15 is 0 Å². The first-order valence-corrected chi connectivity index (χ1v) is 4.69. The predicted molar refractivity (Wildman–Crippen MR) is 43.6 cm³/mol. The van der Waals surface area contributed by atoms with Crippen molar-refractivity contribution in [3.8, 4) is 0 Å². The summed E-state index contributed by atoms with van der Waals surface area (Å²) in [6.07, 6.45) is -3.32. The molecule has 62 valence electrons. The molecule has 0 saturated carbocycles. The fraction of sp³-hybridized carbons (Fsp3) is 1.00. The number of hydrogen-bond acceptors (Lipinski definition) is 0. The van der Waals surface area contributed by atoms with Gasteiger partial charge in [-0.2, -0.15) is 0 Å². The van der Waals surface area contributed by atoms with E-state index in [0.717, 1.165) is 10.8 Å². The van der Waals surface area contributed by atoms with Crippen molar-refractivity contribution in [1.29, 1.82) is 0 Å². The van der Waals surface area contributed by atoms with Crippen molar-refractivity contribution in [2.45, 2.75) is 31.9 Å². The van der Waals surface area contributed by atoms with Crippen LogP contribution in [0.3, 0.4) is 0 Å². The van der Waals surface area contributed by atoms with Crippen LogP contribution in [0.4, 0.5) is 13.2 Å². The monoisotopic (exact) mass is 266 g/mol. The molecule has 0 aliphatic carbocycles. The molecular weight excluding hydrogens is 256 g/mol. The van der Waals surface area contributed by atoms with Gasteiger partial charge in [0.25, 0.3) is 6.43 Å². The Morgan fingerprint density at radius 2 is 1.70 bits per heavy atom. The van der Waals surface area contributed by atoms with Crippen molar-refractivity contribution in [2.75, 3.05) is 4.43 Å². The molecule has 0 spiro atoms. The quantitative estimate of drug-likeness (QED) is 0.407. The number of unbranched alkanes of at least 4 members (excludes halogenated alkanes) is 1. The maximum Gasteiger partial charge on any atom is 0.269 e. The molecule has 0 aliphatic heterocycles. The lowest BCUT2D eigenvalue weighted by molar-refractivity contribution is 0.0443. The average molecular weight is 266 g/mol. The van der Waals surface area contributed by atoms with Crippen molar-refractivity contribution in [2.24, 2.45) is 0 Å². The molecule has 0 fully saturated rings. The van der Waals surface area contributed by atoms with Crippen LogP contribution in [-0.2, 0) is 0 Å². The van der Waals surface area contributed by atoms with E-state index in [1.54, 1.807) is 0 Å². The first kappa shape index (κ1) is 10.5. The van der Waals surface area contributed by atoms with Gasteiger partial charge in [-0.05, 0) is 23.7 Å². The molecule has 0 aromatic heterocycles. The van der Waals surface area contributed by atoms with Crippen LogP contribution in [0.15, 0.2) is 0 Å². The van der Waals surface area contributed by atoms with Gasteiger partial charge in [-0.15, -0.1) is 0 Å². The Kier molecular flexibility index (Phi) is 6.57. The summed E-state index contributed by atoms with van der Waals surface area (Å²) in [5.41, 5.74) is 0. The topological polar surface area (TPSA) is 0 Å². The molecule has 0 N–H and O–H groups in total. The molecule has 0 rings (SSSR count). The molecule has 0 nitrogen and oxygen atoms in total. The van der Waals surface area contributed by atoms with Crippen LogP contribution in [-0.4, -0.2) is 17.0 Å². The molecular formula is C6H10F3I. The zero-order chi connectivity index (χ0) is 7.98. The van der Waals surface area contributed by atoms with Crippen molar-refractivity contribution in [3.05, 3.63) is 0 Å². The number of halogens is 4. The molecule has 1 unspecified atom stereocenters. The first-order valence-electron chi connectivity index (χ1n) is 3.16. The highest BCUT2D eigenvalue weighted by atomic mass is 127. The van der Waals surface area contributed by atoms with Crippen LogP contribution < -0.4 is 0 Å². The van der Waals surface area contributed by atoms with E-state index in [1.165, 1.54) is 0 Å². The first-order chi connectivity index (χ1) is 4.68. The van der Waals surface area contributed by atoms with E-state index in [9.17, 15) is 13.2 Å². The maximum absolute atomic E-state index is 12.1. The zero-order valence-electron chi connectivity index (χ0n) is 5.49. The highest BCUT2D eigenvalue weighted by Gasteiger charge is 2.17. The third kappa shape index (κ3) is 5.32. The van der Waals surface area contributed by atoms with Crippen LogP contribution in [0.1, 0.15) is 19.3 Å². The molecule has 0 aromatic carbocycles. The van der Waals surface area contributed by atoms with Crippen molar-refractivity contribution < 1.29 is 13.2 Å². The van der Waals surface area contributed by atoms with E-state index in [2.05, 4.69) is 22.6 Å². The summed E-state index contributed by atoms with van der Waals surface area (Å²) in [5.74, 6) is 0. The van der Waals surface area contributed by atoms with Gasteiger partial charge in [0.2, 0.25) is 0 Å². The van der Waals surface area contributed by atoms with E-state index in [1.807, 2.05) is 0 Å². The van der Waals surface area contributed by atoms with Crippen molar-refractivity contribution in [3.63, 3.8) is 0 Å². The molecule has 0 aliphatic rings. The summed E-state index contributed by atoms with van der Waals surface area (Å²) in [7, 11) is 0. The average Bonchev–Trinajstić information content (AvgIpc) is 1.88. The second kappa shape index (κ2) is 6.24. The third-order valence-corrected chi connectivity index (χ3v) is 1.90. The van der Waals surface area contributed by atoms with E-state index < -0.39 is 12.6 Å². The lowest BCUT2D eigenvalue weighted by Gasteiger charge is -2.04. The Hall–Kier alpha value is 0.520. The summed E-state index contributed by atoms with van der Waals surface area (Å²) in [4.78, 5) is 0. The summed E-state index contributed by atoms with van der Waals surface area (Å²) in [6, 6.07) is 0. The smallest absolute Gasteiger partial charge is 0.241 e. The van der Waals surface area contributed by atoms with Gasteiger partial charge in [-0.25, -0.2) is 13.2 Å². The van der Waals surface area contributed by atoms with Crippen molar-refractivity contribution >= 4 is 22.6 Å². The molecule has 1 atom stereocenters. The second-order valence-electron chi connectivity index (χ2n) is 2.04. The van der Waals surface area contributed by atoms with Gasteiger partial charge < -0.3 is 0 Å². The van der Waals surface area contributed by atoms with Crippen LogP contribution in [0.2, 0.25) is 0 Å². The fourth-order valence-corrected chi connectivity index (χ4v) is 1.10. The minimum atomic E-state index is -2.80. The lowest BCUT2D eigenvalue weighted by atomic mass is 10.2. The molecule has 0 radical (unpaired) electrons. The predicted octanol–water partition coefficient (Wildman–Crippen LogP) is 3.19. The van der Waals surface area contributed by atoms with E-state index in [4.69, 9.17) is 0 Å². The van der Waals surface area contributed by atoms with Gasteiger partial charge in [0, 0.05) is 0 Å². The summed E-state index contributed by atoms with van der Waals surface area (Å²) >= 11 is 2.14. The number of rotatable bonds is 5. The standard InChI is InChI=1S/C6H10F3I/c7-5(6(8)9)3-1-2-4-10/h5-6H,1-4H2. The molecule has 0 amide bonds. The van der Waals surface area contributed by atoms with Gasteiger partial charge >= 0.3 is 0 Å². The molecule has 0 bridgehead atoms. The Bertz CT molecular complexity index is 77.4. The van der Waals surface area contributed by atoms with Crippen molar-refractivity contribution in [1.82, 2.24) is 0 Å². The van der Waals surface area contributed by atoms with Crippen LogP contribution in [0, 0.1) is 0 Å². The maximum atomic E-state index is 12.1. The number of alkyl halides is 4. The van der Waals surface area contributed by atoms with Crippen LogP contribution in [0.25, 0.3) is 0 Å². The highest BCUT2D eigenvalue weighted by Crippen LogP contribution is 2.13. The summed E-state index contributed by atoms with van der Waals surface area (Å²) in [5, 5.41) is 0. The minimum Gasteiger partial charge on any atom is -0.241 e. The van der Waals surface area contributed by atoms with Gasteiger partial charge in [0.15, 0.2) is 6.17 Å². The molecule has 4 heteroatoms. The second-order valence-corrected chi connectivity index (χ2v) is 3.11. The number of hydrogen-bond donors (Lipinski definition) is 0. The SMILES string of the molecule is FC(F)C(F)CCCCI. The van der Waals surface area contributed by atoms with Gasteiger partial charge in [0.05, 0.1) is 0 Å². The van der Waals surface area contributed by atoms with E-state index in [-0.39, 0.29) is 6.42 Å². The summed E-state index contributed by atoms with van der Waals surface area (Å²) < 4.78 is 36.0. The van der Waals surface area contributed by atoms with Gasteiger partial charge in [0.1, 0.15) is 0 Å². The van der Waals surface area contributed by atoms with Crippen LogP contribution in [0.5, 0.6) is 0 Å². The van der Waals surface area contributed by atoms with E-state index in [0.29, 0.717) is 6.42 Å². The van der Waals surface area contributed by atoms with Crippen LogP contribution >= 0.6 is 22.6 Å². The zero-order valence-corrected chi connectivity index (χ0v) is 7.65.